The van der Waals surface area contributed by atoms with Crippen molar-refractivity contribution in [2.45, 2.75) is 62.1 Å². The third-order valence-corrected chi connectivity index (χ3v) is 10.6. The van der Waals surface area contributed by atoms with E-state index >= 15 is 0 Å². The maximum atomic E-state index is 14.7. The van der Waals surface area contributed by atoms with Gasteiger partial charge < -0.3 is 24.5 Å². The maximum absolute atomic E-state index is 14.7. The highest BCUT2D eigenvalue weighted by atomic mass is 32.2. The van der Waals surface area contributed by atoms with Crippen molar-refractivity contribution in [1.82, 2.24) is 9.80 Å². The van der Waals surface area contributed by atoms with Gasteiger partial charge in [0, 0.05) is 30.1 Å². The second-order valence-electron chi connectivity index (χ2n) is 11.9. The molecule has 0 aromatic heterocycles. The number of methoxy groups -OCH3 is 1. The number of carbonyl (C=O) groups is 3. The van der Waals surface area contributed by atoms with Gasteiger partial charge in [0.2, 0.25) is 11.8 Å². The highest BCUT2D eigenvalue weighted by Crippen LogP contribution is 2.66. The normalized spacial score (nSPS) is 32.2. The molecule has 4 heterocycles. The van der Waals surface area contributed by atoms with E-state index in [1.54, 1.807) is 28.7 Å². The minimum absolute atomic E-state index is 0.0285. The van der Waals surface area contributed by atoms with Gasteiger partial charge in [-0.15, -0.1) is 11.8 Å². The number of anilines is 1. The fourth-order valence-electron chi connectivity index (χ4n) is 7.19. The number of likely N-dealkylation sites (tertiary alicyclic amines) is 1. The van der Waals surface area contributed by atoms with Gasteiger partial charge in [-0.05, 0) is 49.9 Å². The highest BCUT2D eigenvalue weighted by molar-refractivity contribution is 8.02. The van der Waals surface area contributed by atoms with Crippen molar-refractivity contribution in [2.24, 2.45) is 17.8 Å². The molecule has 1 N–H and O–H groups in total. The summed E-state index contributed by atoms with van der Waals surface area (Å²) in [7, 11) is 1.60. The first-order chi connectivity index (χ1) is 19.1. The van der Waals surface area contributed by atoms with Crippen LogP contribution in [0.5, 0.6) is 5.75 Å². The van der Waals surface area contributed by atoms with Gasteiger partial charge in [-0.2, -0.15) is 0 Å². The number of ether oxygens (including phenoxy) is 1. The van der Waals surface area contributed by atoms with Gasteiger partial charge in [0.1, 0.15) is 11.8 Å². The molecule has 5 rings (SSSR count). The SMILES string of the molecule is CCCN1CC=C[C@]2(C)S[C@]34C=CCN(c5ccc(OC)cc5)C(=O)C3N([C@@H](CO)CC(C)C)C(=O)[C@@H]4[C@@H]2C1=O. The standard InChI is InChI=1S/C31H41N3O5S/c1-6-15-32-16-7-13-30(4)24(27(32)36)25-28(37)34(22(19-35)18-20(2)3)26-29(38)33(17-8-14-31(25,26)40-30)21-9-11-23(39-5)12-10-21/h7-14,20,22,24-26,35H,6,15-19H2,1-5H3/t22-,24-,25+,26?,30+,31+/m1/s1. The summed E-state index contributed by atoms with van der Waals surface area (Å²) in [6.45, 7) is 9.42. The van der Waals surface area contributed by atoms with Crippen molar-refractivity contribution < 1.29 is 24.2 Å². The Bertz CT molecular complexity index is 1220. The number of benzene rings is 1. The van der Waals surface area contributed by atoms with E-state index in [0.717, 1.165) is 6.42 Å². The maximum Gasteiger partial charge on any atom is 0.251 e. The van der Waals surface area contributed by atoms with Gasteiger partial charge in [-0.25, -0.2) is 0 Å². The molecule has 9 heteroatoms. The number of thioether (sulfide) groups is 1. The van der Waals surface area contributed by atoms with Gasteiger partial charge in [0.15, 0.2) is 0 Å². The highest BCUT2D eigenvalue weighted by Gasteiger charge is 2.74. The minimum atomic E-state index is -0.936. The van der Waals surface area contributed by atoms with Gasteiger partial charge in [-0.1, -0.05) is 45.1 Å². The molecule has 1 aromatic carbocycles. The Morgan fingerprint density at radius 2 is 1.73 bits per heavy atom. The van der Waals surface area contributed by atoms with E-state index in [1.165, 1.54) is 0 Å². The average molecular weight is 568 g/mol. The van der Waals surface area contributed by atoms with E-state index in [0.29, 0.717) is 37.5 Å². The Hall–Kier alpha value is -2.78. The molecule has 0 radical (unpaired) electrons. The molecule has 8 nitrogen and oxygen atoms in total. The van der Waals surface area contributed by atoms with Crippen LogP contribution in [0.25, 0.3) is 0 Å². The monoisotopic (exact) mass is 567 g/mol. The van der Waals surface area contributed by atoms with Gasteiger partial charge in [0.05, 0.1) is 36.3 Å². The molecule has 40 heavy (non-hydrogen) atoms. The molecule has 1 unspecified atom stereocenters. The molecule has 0 saturated carbocycles. The third-order valence-electron chi connectivity index (χ3n) is 8.80. The van der Waals surface area contributed by atoms with Gasteiger partial charge >= 0.3 is 0 Å². The Kier molecular flexibility index (Phi) is 7.83. The van der Waals surface area contributed by atoms with E-state index in [4.69, 9.17) is 4.74 Å². The van der Waals surface area contributed by atoms with Crippen LogP contribution in [-0.2, 0) is 14.4 Å². The fourth-order valence-corrected chi connectivity index (χ4v) is 9.33. The number of hydrogen-bond acceptors (Lipinski definition) is 6. The Labute approximate surface area is 241 Å². The van der Waals surface area contributed by atoms with Crippen molar-refractivity contribution in [3.63, 3.8) is 0 Å². The lowest BCUT2D eigenvalue weighted by molar-refractivity contribution is -0.145. The van der Waals surface area contributed by atoms with Crippen LogP contribution in [0.3, 0.4) is 0 Å². The van der Waals surface area contributed by atoms with Crippen molar-refractivity contribution in [1.29, 1.82) is 0 Å². The van der Waals surface area contributed by atoms with E-state index < -0.39 is 33.4 Å². The quantitative estimate of drug-likeness (QED) is 0.484. The molecule has 0 bridgehead atoms. The number of carbonyl (C=O) groups excluding carboxylic acids is 3. The van der Waals surface area contributed by atoms with Crippen LogP contribution in [0.2, 0.25) is 0 Å². The van der Waals surface area contributed by atoms with Crippen LogP contribution in [0.15, 0.2) is 48.6 Å². The van der Waals surface area contributed by atoms with Crippen LogP contribution >= 0.6 is 11.8 Å². The zero-order valence-corrected chi connectivity index (χ0v) is 24.9. The lowest BCUT2D eigenvalue weighted by Gasteiger charge is -2.40. The molecular weight excluding hydrogens is 526 g/mol. The van der Waals surface area contributed by atoms with Crippen molar-refractivity contribution in [2.75, 3.05) is 38.3 Å². The molecule has 2 saturated heterocycles. The molecule has 4 aliphatic rings. The first-order valence-corrected chi connectivity index (χ1v) is 15.2. The number of nitrogens with zero attached hydrogens (tertiary/aromatic N) is 3. The van der Waals surface area contributed by atoms with E-state index in [9.17, 15) is 19.5 Å². The lowest BCUT2D eigenvalue weighted by atomic mass is 9.74. The van der Waals surface area contributed by atoms with Crippen molar-refractivity contribution in [3.8, 4) is 5.75 Å². The smallest absolute Gasteiger partial charge is 0.251 e. The molecule has 2 fully saturated rings. The zero-order valence-electron chi connectivity index (χ0n) is 24.1. The third kappa shape index (κ3) is 4.45. The molecule has 4 aliphatic heterocycles. The summed E-state index contributed by atoms with van der Waals surface area (Å²) in [5, 5.41) is 10.5. The van der Waals surface area contributed by atoms with Crippen molar-refractivity contribution in [3.05, 3.63) is 48.6 Å². The largest absolute Gasteiger partial charge is 0.497 e. The molecule has 0 aliphatic carbocycles. The van der Waals surface area contributed by atoms with Crippen LogP contribution in [0.1, 0.15) is 40.5 Å². The molecule has 1 aromatic rings. The number of hydrogen-bond donors (Lipinski definition) is 1. The minimum Gasteiger partial charge on any atom is -0.497 e. The van der Waals surface area contributed by atoms with Crippen LogP contribution in [0.4, 0.5) is 5.69 Å². The topological polar surface area (TPSA) is 90.4 Å². The van der Waals surface area contributed by atoms with E-state index in [1.807, 2.05) is 75.1 Å². The molecule has 6 atom stereocenters. The summed E-state index contributed by atoms with van der Waals surface area (Å²) in [5.41, 5.74) is 0.710. The molecule has 3 amide bonds. The predicted octanol–water partition coefficient (Wildman–Crippen LogP) is 3.50. The number of aliphatic hydroxyl groups is 1. The van der Waals surface area contributed by atoms with Gasteiger partial charge in [-0.3, -0.25) is 14.4 Å². The summed E-state index contributed by atoms with van der Waals surface area (Å²) in [6.07, 6.45) is 9.51. The zero-order chi connectivity index (χ0) is 28.8. The van der Waals surface area contributed by atoms with Crippen LogP contribution in [-0.4, -0.2) is 87.6 Å². The number of aliphatic hydroxyl groups excluding tert-OH is 1. The molecule has 216 valence electrons. The second-order valence-corrected chi connectivity index (χ2v) is 13.7. The van der Waals surface area contributed by atoms with Gasteiger partial charge in [0.25, 0.3) is 5.91 Å². The molecular formula is C31H41N3O5S. The van der Waals surface area contributed by atoms with Crippen LogP contribution in [0, 0.1) is 17.8 Å². The first kappa shape index (κ1) is 28.7. The Morgan fingerprint density at radius 3 is 2.35 bits per heavy atom. The van der Waals surface area contributed by atoms with Crippen molar-refractivity contribution >= 4 is 35.2 Å². The summed E-state index contributed by atoms with van der Waals surface area (Å²) in [5.74, 6) is -0.849. The summed E-state index contributed by atoms with van der Waals surface area (Å²) >= 11 is 1.58. The Morgan fingerprint density at radius 1 is 1.02 bits per heavy atom. The fraction of sp³-hybridized carbons (Fsp3) is 0.581. The predicted molar refractivity (Wildman–Crippen MR) is 157 cm³/mol. The number of fused-ring (bicyclic) bond motifs is 2. The average Bonchev–Trinajstić information content (AvgIpc) is 3.21. The lowest BCUT2D eigenvalue weighted by Crippen LogP contribution is -2.57. The summed E-state index contributed by atoms with van der Waals surface area (Å²) in [6, 6.07) is 5.96. The van der Waals surface area contributed by atoms with E-state index in [2.05, 4.69) is 6.08 Å². The first-order valence-electron chi connectivity index (χ1n) is 14.3. The second kappa shape index (κ2) is 10.9. The number of rotatable bonds is 8. The number of amides is 3. The van der Waals surface area contributed by atoms with E-state index in [-0.39, 0.29) is 30.2 Å². The Balaban J connectivity index is 1.65. The van der Waals surface area contributed by atoms with Crippen LogP contribution < -0.4 is 9.64 Å². The summed E-state index contributed by atoms with van der Waals surface area (Å²) in [4.78, 5) is 48.6. The molecule has 1 spiro atoms. The summed E-state index contributed by atoms with van der Waals surface area (Å²) < 4.78 is 3.74.